The first-order valence-corrected chi connectivity index (χ1v) is 5.84. The SMILES string of the molecule is C#CCN(CC1CC1)C(=O)C(N)C(C)(C)C. The fourth-order valence-electron chi connectivity index (χ4n) is 1.52. The van der Waals surface area contributed by atoms with Crippen LogP contribution in [-0.2, 0) is 4.79 Å². The highest BCUT2D eigenvalue weighted by Crippen LogP contribution is 2.30. The van der Waals surface area contributed by atoms with Crippen LogP contribution >= 0.6 is 0 Å². The van der Waals surface area contributed by atoms with Gasteiger partial charge >= 0.3 is 0 Å². The van der Waals surface area contributed by atoms with Gasteiger partial charge in [0.25, 0.3) is 0 Å². The third kappa shape index (κ3) is 3.53. The Balaban J connectivity index is 2.62. The lowest BCUT2D eigenvalue weighted by molar-refractivity contribution is -0.134. The predicted molar refractivity (Wildman–Crippen MR) is 65.6 cm³/mol. The van der Waals surface area contributed by atoms with Crippen LogP contribution in [0.3, 0.4) is 0 Å². The van der Waals surface area contributed by atoms with E-state index in [9.17, 15) is 4.79 Å². The van der Waals surface area contributed by atoms with E-state index in [0.29, 0.717) is 12.5 Å². The van der Waals surface area contributed by atoms with E-state index in [4.69, 9.17) is 12.2 Å². The third-order valence-corrected chi connectivity index (χ3v) is 2.97. The van der Waals surface area contributed by atoms with Crippen LogP contribution in [0.5, 0.6) is 0 Å². The smallest absolute Gasteiger partial charge is 0.240 e. The molecule has 1 fully saturated rings. The van der Waals surface area contributed by atoms with Crippen LogP contribution in [0.1, 0.15) is 33.6 Å². The maximum Gasteiger partial charge on any atom is 0.240 e. The maximum atomic E-state index is 12.1. The topological polar surface area (TPSA) is 46.3 Å². The molecule has 0 aromatic rings. The molecule has 0 aromatic heterocycles. The van der Waals surface area contributed by atoms with Gasteiger partial charge in [0.2, 0.25) is 5.91 Å². The first-order valence-electron chi connectivity index (χ1n) is 5.84. The van der Waals surface area contributed by atoms with Crippen molar-refractivity contribution in [2.75, 3.05) is 13.1 Å². The number of nitrogens with zero attached hydrogens (tertiary/aromatic N) is 1. The summed E-state index contributed by atoms with van der Waals surface area (Å²) < 4.78 is 0. The van der Waals surface area contributed by atoms with Crippen molar-refractivity contribution in [3.8, 4) is 12.3 Å². The zero-order valence-electron chi connectivity index (χ0n) is 10.5. The van der Waals surface area contributed by atoms with Gasteiger partial charge in [-0.1, -0.05) is 26.7 Å². The van der Waals surface area contributed by atoms with Gasteiger partial charge in [0, 0.05) is 6.54 Å². The molecule has 0 aliphatic heterocycles. The molecule has 1 rings (SSSR count). The fraction of sp³-hybridized carbons (Fsp3) is 0.769. The fourth-order valence-corrected chi connectivity index (χ4v) is 1.52. The summed E-state index contributed by atoms with van der Waals surface area (Å²) in [6.45, 7) is 7.06. The molecule has 0 spiro atoms. The van der Waals surface area contributed by atoms with Crippen LogP contribution in [0.15, 0.2) is 0 Å². The molecule has 1 amide bonds. The van der Waals surface area contributed by atoms with E-state index in [2.05, 4.69) is 5.92 Å². The third-order valence-electron chi connectivity index (χ3n) is 2.97. The van der Waals surface area contributed by atoms with Crippen molar-refractivity contribution >= 4 is 5.91 Å². The van der Waals surface area contributed by atoms with E-state index in [0.717, 1.165) is 6.54 Å². The lowest BCUT2D eigenvalue weighted by Gasteiger charge is -2.31. The lowest BCUT2D eigenvalue weighted by atomic mass is 9.86. The molecule has 0 saturated heterocycles. The van der Waals surface area contributed by atoms with Crippen molar-refractivity contribution < 1.29 is 4.79 Å². The first-order chi connectivity index (χ1) is 7.36. The van der Waals surface area contributed by atoms with E-state index in [1.54, 1.807) is 4.90 Å². The van der Waals surface area contributed by atoms with Gasteiger partial charge in [-0.15, -0.1) is 6.42 Å². The average molecular weight is 222 g/mol. The standard InChI is InChI=1S/C13H22N2O/c1-5-8-15(9-10-6-7-10)12(16)11(14)13(2,3)4/h1,10-11H,6-9,14H2,2-4H3. The summed E-state index contributed by atoms with van der Waals surface area (Å²) in [5, 5.41) is 0. The van der Waals surface area contributed by atoms with Gasteiger partial charge in [0.1, 0.15) is 0 Å². The Morgan fingerprint density at radius 2 is 2.12 bits per heavy atom. The van der Waals surface area contributed by atoms with E-state index < -0.39 is 6.04 Å². The molecule has 1 unspecified atom stereocenters. The summed E-state index contributed by atoms with van der Waals surface area (Å²) >= 11 is 0. The van der Waals surface area contributed by atoms with Gasteiger partial charge in [-0.3, -0.25) is 4.79 Å². The van der Waals surface area contributed by atoms with E-state index in [-0.39, 0.29) is 11.3 Å². The van der Waals surface area contributed by atoms with Crippen molar-refractivity contribution in [3.63, 3.8) is 0 Å². The molecule has 0 bridgehead atoms. The predicted octanol–water partition coefficient (Wildman–Crippen LogP) is 1.23. The van der Waals surface area contributed by atoms with Gasteiger partial charge in [-0.25, -0.2) is 0 Å². The normalized spacial score (nSPS) is 17.7. The largest absolute Gasteiger partial charge is 0.330 e. The van der Waals surface area contributed by atoms with Gasteiger partial charge in [0.15, 0.2) is 0 Å². The first kappa shape index (κ1) is 13.1. The summed E-state index contributed by atoms with van der Waals surface area (Å²) in [6.07, 6.45) is 7.70. The number of carbonyl (C=O) groups excluding carboxylic acids is 1. The Morgan fingerprint density at radius 3 is 2.50 bits per heavy atom. The Hall–Kier alpha value is -1.01. The minimum absolute atomic E-state index is 0.0163. The van der Waals surface area contributed by atoms with Crippen molar-refractivity contribution in [1.29, 1.82) is 0 Å². The van der Waals surface area contributed by atoms with Crippen LogP contribution in [0.4, 0.5) is 0 Å². The summed E-state index contributed by atoms with van der Waals surface area (Å²) in [7, 11) is 0. The van der Waals surface area contributed by atoms with Gasteiger partial charge in [0.05, 0.1) is 12.6 Å². The number of carbonyl (C=O) groups is 1. The van der Waals surface area contributed by atoms with Crippen LogP contribution in [0.2, 0.25) is 0 Å². The summed E-state index contributed by atoms with van der Waals surface area (Å²) in [6, 6.07) is -0.473. The number of hydrogen-bond acceptors (Lipinski definition) is 2. The van der Waals surface area contributed by atoms with Crippen LogP contribution < -0.4 is 5.73 Å². The monoisotopic (exact) mass is 222 g/mol. The summed E-state index contributed by atoms with van der Waals surface area (Å²) in [5.74, 6) is 3.16. The van der Waals surface area contributed by atoms with E-state index in [1.165, 1.54) is 12.8 Å². The van der Waals surface area contributed by atoms with Gasteiger partial charge in [-0.2, -0.15) is 0 Å². The van der Waals surface area contributed by atoms with Crippen LogP contribution in [0, 0.1) is 23.7 Å². The molecular formula is C13H22N2O. The number of hydrogen-bond donors (Lipinski definition) is 1. The number of amides is 1. The molecule has 1 aliphatic carbocycles. The number of rotatable bonds is 4. The second-order valence-electron chi connectivity index (χ2n) is 5.71. The quantitative estimate of drug-likeness (QED) is 0.727. The Labute approximate surface area is 98.4 Å². The molecule has 3 nitrogen and oxygen atoms in total. The van der Waals surface area contributed by atoms with Gasteiger partial charge < -0.3 is 10.6 Å². The molecule has 1 aliphatic rings. The Bertz CT molecular complexity index is 294. The molecule has 1 atom stereocenters. The van der Waals surface area contributed by atoms with Crippen molar-refractivity contribution in [1.82, 2.24) is 4.90 Å². The zero-order valence-corrected chi connectivity index (χ0v) is 10.5. The number of terminal acetylenes is 1. The highest BCUT2D eigenvalue weighted by atomic mass is 16.2. The molecule has 90 valence electrons. The molecule has 0 aromatic carbocycles. The molecular weight excluding hydrogens is 200 g/mol. The second kappa shape index (κ2) is 4.88. The Kier molecular flexibility index (Phi) is 3.98. The van der Waals surface area contributed by atoms with Crippen molar-refractivity contribution in [2.24, 2.45) is 17.1 Å². The molecule has 0 radical (unpaired) electrons. The molecule has 1 saturated carbocycles. The molecule has 3 heteroatoms. The highest BCUT2D eigenvalue weighted by molar-refractivity contribution is 5.82. The van der Waals surface area contributed by atoms with Crippen molar-refractivity contribution in [3.05, 3.63) is 0 Å². The van der Waals surface area contributed by atoms with Gasteiger partial charge in [-0.05, 0) is 24.2 Å². The van der Waals surface area contributed by atoms with E-state index in [1.807, 2.05) is 20.8 Å². The van der Waals surface area contributed by atoms with E-state index >= 15 is 0 Å². The molecule has 0 heterocycles. The van der Waals surface area contributed by atoms with Crippen LogP contribution in [0.25, 0.3) is 0 Å². The van der Waals surface area contributed by atoms with Crippen LogP contribution in [-0.4, -0.2) is 29.9 Å². The summed E-state index contributed by atoms with van der Waals surface area (Å²) in [4.78, 5) is 13.9. The summed E-state index contributed by atoms with van der Waals surface area (Å²) in [5.41, 5.74) is 5.75. The average Bonchev–Trinajstić information content (AvgIpc) is 2.97. The lowest BCUT2D eigenvalue weighted by Crippen LogP contribution is -2.51. The highest BCUT2D eigenvalue weighted by Gasteiger charge is 2.33. The Morgan fingerprint density at radius 1 is 1.56 bits per heavy atom. The zero-order chi connectivity index (χ0) is 12.3. The second-order valence-corrected chi connectivity index (χ2v) is 5.71. The minimum atomic E-state index is -0.473. The van der Waals surface area contributed by atoms with Crippen molar-refractivity contribution in [2.45, 2.75) is 39.7 Å². The molecule has 16 heavy (non-hydrogen) atoms. The number of nitrogens with two attached hydrogens (primary N) is 1. The molecule has 2 N–H and O–H groups in total. The minimum Gasteiger partial charge on any atom is -0.330 e. The maximum absolute atomic E-state index is 12.1.